The smallest absolute Gasteiger partial charge is 0.243 e. The molecule has 1 atom stereocenters. The van der Waals surface area contributed by atoms with Gasteiger partial charge < -0.3 is 0 Å². The van der Waals surface area contributed by atoms with E-state index in [1.54, 1.807) is 16.4 Å². The summed E-state index contributed by atoms with van der Waals surface area (Å²) in [4.78, 5) is 2.82. The van der Waals surface area contributed by atoms with Crippen molar-refractivity contribution in [2.24, 2.45) is 0 Å². The fraction of sp³-hybridized carbons (Fsp3) is 0.368. The minimum absolute atomic E-state index is 0.170. The van der Waals surface area contributed by atoms with Crippen molar-refractivity contribution in [2.45, 2.75) is 24.3 Å². The second kappa shape index (κ2) is 5.99. The van der Waals surface area contributed by atoms with Gasteiger partial charge in [-0.2, -0.15) is 4.31 Å². The van der Waals surface area contributed by atoms with E-state index in [0.29, 0.717) is 18.0 Å². The van der Waals surface area contributed by atoms with Gasteiger partial charge in [-0.3, -0.25) is 4.90 Å². The molecule has 4 rings (SSSR count). The number of fused-ring (bicyclic) bond motifs is 3. The molecule has 0 amide bonds. The lowest BCUT2D eigenvalue weighted by atomic mass is 9.91. The molecule has 5 heteroatoms. The number of sulfonamides is 1. The van der Waals surface area contributed by atoms with Crippen molar-refractivity contribution in [1.29, 1.82) is 0 Å². The number of hydrogen-bond donors (Lipinski definition) is 0. The third-order valence-electron chi connectivity index (χ3n) is 5.16. The van der Waals surface area contributed by atoms with E-state index in [0.717, 1.165) is 25.1 Å². The van der Waals surface area contributed by atoms with Crippen molar-refractivity contribution in [3.63, 3.8) is 0 Å². The second-order valence-corrected chi connectivity index (χ2v) is 8.62. The van der Waals surface area contributed by atoms with Gasteiger partial charge in [0, 0.05) is 32.2 Å². The SMILES string of the molecule is Cc1cccc(S(=O)(=O)N2CCN3CCc4ccccc4C3C2)c1. The molecule has 0 radical (unpaired) electrons. The molecule has 2 aromatic carbocycles. The summed E-state index contributed by atoms with van der Waals surface area (Å²) in [5.74, 6) is 0. The lowest BCUT2D eigenvalue weighted by Gasteiger charge is -2.44. The maximum atomic E-state index is 13.0. The van der Waals surface area contributed by atoms with Crippen molar-refractivity contribution >= 4 is 10.0 Å². The Hall–Kier alpha value is -1.69. The number of piperazine rings is 1. The molecule has 2 aliphatic heterocycles. The summed E-state index contributed by atoms with van der Waals surface area (Å²) in [7, 11) is -3.43. The van der Waals surface area contributed by atoms with Crippen LogP contribution < -0.4 is 0 Å². The zero-order valence-corrected chi connectivity index (χ0v) is 14.7. The van der Waals surface area contributed by atoms with Crippen LogP contribution in [0.5, 0.6) is 0 Å². The first-order valence-electron chi connectivity index (χ1n) is 8.44. The van der Waals surface area contributed by atoms with Crippen molar-refractivity contribution in [3.8, 4) is 0 Å². The number of rotatable bonds is 2. The first-order chi connectivity index (χ1) is 11.6. The normalized spacial score (nSPS) is 22.0. The Morgan fingerprint density at radius 3 is 2.67 bits per heavy atom. The average Bonchev–Trinajstić information content (AvgIpc) is 2.61. The summed E-state index contributed by atoms with van der Waals surface area (Å²) >= 11 is 0. The quantitative estimate of drug-likeness (QED) is 0.842. The zero-order valence-electron chi connectivity index (χ0n) is 13.9. The molecule has 0 spiro atoms. The zero-order chi connectivity index (χ0) is 16.7. The van der Waals surface area contributed by atoms with E-state index in [4.69, 9.17) is 0 Å². The van der Waals surface area contributed by atoms with Crippen LogP contribution in [0.2, 0.25) is 0 Å². The topological polar surface area (TPSA) is 40.6 Å². The highest BCUT2D eigenvalue weighted by Gasteiger charge is 2.37. The molecule has 0 aromatic heterocycles. The van der Waals surface area contributed by atoms with Gasteiger partial charge in [0.2, 0.25) is 10.0 Å². The van der Waals surface area contributed by atoms with Gasteiger partial charge >= 0.3 is 0 Å². The largest absolute Gasteiger partial charge is 0.293 e. The Morgan fingerprint density at radius 2 is 1.83 bits per heavy atom. The first-order valence-corrected chi connectivity index (χ1v) is 9.88. The first kappa shape index (κ1) is 15.8. The predicted octanol–water partition coefficient (Wildman–Crippen LogP) is 2.60. The summed E-state index contributed by atoms with van der Waals surface area (Å²) in [5.41, 5.74) is 3.61. The molecule has 0 N–H and O–H groups in total. The molecular formula is C19H22N2O2S. The molecular weight excluding hydrogens is 320 g/mol. The minimum Gasteiger partial charge on any atom is -0.293 e. The van der Waals surface area contributed by atoms with E-state index in [9.17, 15) is 8.42 Å². The molecule has 4 nitrogen and oxygen atoms in total. The van der Waals surface area contributed by atoms with E-state index in [1.165, 1.54) is 11.1 Å². The molecule has 2 aromatic rings. The molecule has 1 saturated heterocycles. The summed E-state index contributed by atoms with van der Waals surface area (Å²) < 4.78 is 27.7. The molecule has 1 fully saturated rings. The minimum atomic E-state index is -3.43. The van der Waals surface area contributed by atoms with Crippen LogP contribution >= 0.6 is 0 Å². The summed E-state index contributed by atoms with van der Waals surface area (Å²) in [6, 6.07) is 15.8. The number of benzene rings is 2. The number of aryl methyl sites for hydroxylation is 1. The van der Waals surface area contributed by atoms with Gasteiger partial charge in [0.15, 0.2) is 0 Å². The van der Waals surface area contributed by atoms with Gasteiger partial charge in [0.05, 0.1) is 4.90 Å². The summed E-state index contributed by atoms with van der Waals surface area (Å²) in [6.45, 7) is 4.83. The van der Waals surface area contributed by atoms with E-state index in [2.05, 4.69) is 29.2 Å². The molecule has 0 aliphatic carbocycles. The van der Waals surface area contributed by atoms with Gasteiger partial charge in [-0.25, -0.2) is 8.42 Å². The Kier molecular flexibility index (Phi) is 3.95. The van der Waals surface area contributed by atoms with Crippen molar-refractivity contribution in [1.82, 2.24) is 9.21 Å². The standard InChI is InChI=1S/C19H22N2O2S/c1-15-5-4-7-17(13-15)24(22,23)21-12-11-20-10-9-16-6-2-3-8-18(16)19(20)14-21/h2-8,13,19H,9-12,14H2,1H3. The molecule has 126 valence electrons. The Morgan fingerprint density at radius 1 is 1.00 bits per heavy atom. The Labute approximate surface area is 143 Å². The fourth-order valence-electron chi connectivity index (χ4n) is 3.85. The Bertz CT molecular complexity index is 863. The lowest BCUT2D eigenvalue weighted by molar-refractivity contribution is 0.109. The molecule has 2 heterocycles. The van der Waals surface area contributed by atoms with Crippen molar-refractivity contribution in [3.05, 3.63) is 65.2 Å². The fourth-order valence-corrected chi connectivity index (χ4v) is 5.40. The van der Waals surface area contributed by atoms with E-state index in [-0.39, 0.29) is 6.04 Å². The van der Waals surface area contributed by atoms with E-state index in [1.807, 2.05) is 19.1 Å². The molecule has 24 heavy (non-hydrogen) atoms. The third-order valence-corrected chi connectivity index (χ3v) is 7.02. The molecule has 0 bridgehead atoms. The maximum absolute atomic E-state index is 13.0. The van der Waals surface area contributed by atoms with Crippen LogP contribution in [0.25, 0.3) is 0 Å². The Balaban J connectivity index is 1.66. The van der Waals surface area contributed by atoms with Gasteiger partial charge in [-0.05, 0) is 42.2 Å². The number of nitrogens with zero attached hydrogens (tertiary/aromatic N) is 2. The summed E-state index contributed by atoms with van der Waals surface area (Å²) in [6.07, 6.45) is 1.05. The van der Waals surface area contributed by atoms with Crippen LogP contribution in [0.3, 0.4) is 0 Å². The van der Waals surface area contributed by atoms with Gasteiger partial charge in [0.25, 0.3) is 0 Å². The van der Waals surface area contributed by atoms with Crippen LogP contribution in [-0.4, -0.2) is 43.8 Å². The van der Waals surface area contributed by atoms with Gasteiger partial charge in [-0.15, -0.1) is 0 Å². The molecule has 0 saturated carbocycles. The van der Waals surface area contributed by atoms with Crippen LogP contribution in [0.4, 0.5) is 0 Å². The highest BCUT2D eigenvalue weighted by Crippen LogP contribution is 2.34. The number of hydrogen-bond acceptors (Lipinski definition) is 3. The van der Waals surface area contributed by atoms with Gasteiger partial charge in [-0.1, -0.05) is 36.4 Å². The monoisotopic (exact) mass is 342 g/mol. The second-order valence-electron chi connectivity index (χ2n) is 6.68. The third kappa shape index (κ3) is 2.66. The maximum Gasteiger partial charge on any atom is 0.243 e. The van der Waals surface area contributed by atoms with Crippen LogP contribution in [-0.2, 0) is 16.4 Å². The molecule has 1 unspecified atom stereocenters. The van der Waals surface area contributed by atoms with Crippen molar-refractivity contribution < 1.29 is 8.42 Å². The highest BCUT2D eigenvalue weighted by atomic mass is 32.2. The van der Waals surface area contributed by atoms with Crippen LogP contribution in [0.15, 0.2) is 53.4 Å². The predicted molar refractivity (Wildman–Crippen MR) is 94.4 cm³/mol. The van der Waals surface area contributed by atoms with Gasteiger partial charge in [0.1, 0.15) is 0 Å². The van der Waals surface area contributed by atoms with E-state index < -0.39 is 10.0 Å². The van der Waals surface area contributed by atoms with Crippen molar-refractivity contribution in [2.75, 3.05) is 26.2 Å². The van der Waals surface area contributed by atoms with Crippen LogP contribution in [0, 0.1) is 6.92 Å². The lowest BCUT2D eigenvalue weighted by Crippen LogP contribution is -2.52. The van der Waals surface area contributed by atoms with Crippen LogP contribution in [0.1, 0.15) is 22.7 Å². The van der Waals surface area contributed by atoms with E-state index >= 15 is 0 Å². The molecule has 2 aliphatic rings. The summed E-state index contributed by atoms with van der Waals surface area (Å²) in [5, 5.41) is 0. The highest BCUT2D eigenvalue weighted by molar-refractivity contribution is 7.89. The average molecular weight is 342 g/mol.